The predicted molar refractivity (Wildman–Crippen MR) is 85.3 cm³/mol. The summed E-state index contributed by atoms with van der Waals surface area (Å²) in [5.74, 6) is 0.130. The van der Waals surface area contributed by atoms with Crippen LogP contribution in [0.4, 0.5) is 11.4 Å². The van der Waals surface area contributed by atoms with Gasteiger partial charge in [-0.2, -0.15) is 0 Å². The van der Waals surface area contributed by atoms with E-state index in [2.05, 4.69) is 5.32 Å². The summed E-state index contributed by atoms with van der Waals surface area (Å²) < 4.78 is 0. The maximum atomic E-state index is 12.3. The van der Waals surface area contributed by atoms with Crippen LogP contribution in [0.2, 0.25) is 5.02 Å². The minimum Gasteiger partial charge on any atom is -0.397 e. The number of aliphatic hydroxyl groups excluding tert-OH is 1. The van der Waals surface area contributed by atoms with Gasteiger partial charge >= 0.3 is 0 Å². The Kier molecular flexibility index (Phi) is 5.08. The first-order valence-corrected chi connectivity index (χ1v) is 7.54. The number of rotatable bonds is 3. The fourth-order valence-corrected chi connectivity index (χ4v) is 2.64. The van der Waals surface area contributed by atoms with Crippen LogP contribution in [0.5, 0.6) is 0 Å². The molecule has 0 aliphatic carbocycles. The largest absolute Gasteiger partial charge is 0.397 e. The lowest BCUT2D eigenvalue weighted by Gasteiger charge is -2.37. The number of halogens is 1. The van der Waals surface area contributed by atoms with Crippen molar-refractivity contribution in [3.63, 3.8) is 0 Å². The Morgan fingerprint density at radius 1 is 1.57 bits per heavy atom. The number of carbonyl (C=O) groups excluding carboxylic acids is 1. The van der Waals surface area contributed by atoms with Crippen LogP contribution >= 0.6 is 11.6 Å². The van der Waals surface area contributed by atoms with E-state index in [4.69, 9.17) is 17.3 Å². The van der Waals surface area contributed by atoms with Crippen molar-refractivity contribution in [1.82, 2.24) is 4.90 Å². The summed E-state index contributed by atoms with van der Waals surface area (Å²) in [5, 5.41) is 13.3. The molecule has 4 N–H and O–H groups in total. The molecule has 5 nitrogen and oxygen atoms in total. The van der Waals surface area contributed by atoms with Crippen molar-refractivity contribution in [2.24, 2.45) is 5.92 Å². The van der Waals surface area contributed by atoms with Crippen LogP contribution in [0.25, 0.3) is 0 Å². The van der Waals surface area contributed by atoms with Crippen molar-refractivity contribution in [3.8, 4) is 0 Å². The first-order valence-electron chi connectivity index (χ1n) is 7.16. The third-order valence-electron chi connectivity index (χ3n) is 4.15. The molecule has 6 heteroatoms. The Morgan fingerprint density at radius 3 is 2.95 bits per heavy atom. The van der Waals surface area contributed by atoms with Crippen molar-refractivity contribution >= 4 is 28.9 Å². The number of nitrogen functional groups attached to an aromatic ring is 1. The lowest BCUT2D eigenvalue weighted by molar-refractivity contribution is -0.122. The number of piperidine rings is 1. The smallest absolute Gasteiger partial charge is 0.241 e. The van der Waals surface area contributed by atoms with Crippen LogP contribution < -0.4 is 11.1 Å². The Morgan fingerprint density at radius 2 is 2.29 bits per heavy atom. The second kappa shape index (κ2) is 6.64. The summed E-state index contributed by atoms with van der Waals surface area (Å²) >= 11 is 5.91. The maximum absolute atomic E-state index is 12.3. The van der Waals surface area contributed by atoms with Gasteiger partial charge in [-0.3, -0.25) is 9.69 Å². The Hall–Kier alpha value is -1.30. The molecular formula is C15H22ClN3O2. The predicted octanol–water partition coefficient (Wildman–Crippen LogP) is 1.95. The summed E-state index contributed by atoms with van der Waals surface area (Å²) in [4.78, 5) is 14.3. The number of carbonyl (C=O) groups is 1. The van der Waals surface area contributed by atoms with Gasteiger partial charge < -0.3 is 16.2 Å². The van der Waals surface area contributed by atoms with E-state index in [1.54, 1.807) is 18.2 Å². The molecule has 1 saturated heterocycles. The number of nitrogens with one attached hydrogen (secondary N) is 1. The van der Waals surface area contributed by atoms with Crippen LogP contribution in [0.3, 0.4) is 0 Å². The number of aliphatic hydroxyl groups is 1. The molecule has 0 aromatic heterocycles. The van der Waals surface area contributed by atoms with Gasteiger partial charge in [-0.25, -0.2) is 0 Å². The van der Waals surface area contributed by atoms with Crippen molar-refractivity contribution in [2.45, 2.75) is 32.4 Å². The van der Waals surface area contributed by atoms with E-state index in [1.165, 1.54) is 0 Å². The molecule has 0 saturated carbocycles. The van der Waals surface area contributed by atoms with E-state index in [0.29, 0.717) is 22.9 Å². The monoisotopic (exact) mass is 311 g/mol. The summed E-state index contributed by atoms with van der Waals surface area (Å²) in [7, 11) is 0. The van der Waals surface area contributed by atoms with Gasteiger partial charge in [0.1, 0.15) is 0 Å². The van der Waals surface area contributed by atoms with E-state index < -0.39 is 0 Å². The minimum atomic E-state index is -0.384. The van der Waals surface area contributed by atoms with Gasteiger partial charge in [0.25, 0.3) is 0 Å². The van der Waals surface area contributed by atoms with E-state index in [-0.39, 0.29) is 24.0 Å². The average molecular weight is 312 g/mol. The number of β-amino-alcohol motifs (C(OH)–C–C–N with tert-alkyl or cyclic N) is 1. The lowest BCUT2D eigenvalue weighted by atomic mass is 9.95. The number of hydrogen-bond donors (Lipinski definition) is 3. The molecule has 1 fully saturated rings. The summed E-state index contributed by atoms with van der Waals surface area (Å²) in [6.45, 7) is 5.18. The minimum absolute atomic E-state index is 0.147. The fourth-order valence-electron chi connectivity index (χ4n) is 2.46. The average Bonchev–Trinajstić information content (AvgIpc) is 2.45. The zero-order valence-corrected chi connectivity index (χ0v) is 13.1. The molecule has 0 spiro atoms. The standard InChI is InChI=1S/C15H22ClN3O2/c1-9-5-6-19(8-14(9)20)10(2)15(21)18-13-7-11(16)3-4-12(13)17/h3-4,7,9-10,14,20H,5-6,8,17H2,1-2H3,(H,18,21). The number of nitrogens with zero attached hydrogens (tertiary/aromatic N) is 1. The summed E-state index contributed by atoms with van der Waals surface area (Å²) in [6.07, 6.45) is 0.503. The second-order valence-electron chi connectivity index (χ2n) is 5.73. The first kappa shape index (κ1) is 16.1. The number of likely N-dealkylation sites (tertiary alicyclic amines) is 1. The Bertz CT molecular complexity index is 524. The van der Waals surface area contributed by atoms with Gasteiger partial charge in [0.15, 0.2) is 0 Å². The molecule has 0 bridgehead atoms. The van der Waals surface area contributed by atoms with Crippen molar-refractivity contribution in [2.75, 3.05) is 24.1 Å². The Balaban J connectivity index is 2.01. The van der Waals surface area contributed by atoms with E-state index in [1.807, 2.05) is 18.7 Å². The van der Waals surface area contributed by atoms with Gasteiger partial charge in [-0.1, -0.05) is 18.5 Å². The molecule has 1 amide bonds. The van der Waals surface area contributed by atoms with Gasteiger partial charge in [0.2, 0.25) is 5.91 Å². The quantitative estimate of drug-likeness (QED) is 0.746. The van der Waals surface area contributed by atoms with Gasteiger partial charge in [-0.15, -0.1) is 0 Å². The van der Waals surface area contributed by atoms with Crippen molar-refractivity contribution in [3.05, 3.63) is 23.2 Å². The van der Waals surface area contributed by atoms with Crippen LogP contribution in [0.15, 0.2) is 18.2 Å². The molecular weight excluding hydrogens is 290 g/mol. The van der Waals surface area contributed by atoms with Crippen LogP contribution in [-0.4, -0.2) is 41.1 Å². The molecule has 1 aromatic rings. The van der Waals surface area contributed by atoms with E-state index >= 15 is 0 Å². The zero-order chi connectivity index (χ0) is 15.6. The second-order valence-corrected chi connectivity index (χ2v) is 6.16. The topological polar surface area (TPSA) is 78.6 Å². The van der Waals surface area contributed by atoms with Gasteiger partial charge in [0, 0.05) is 11.6 Å². The molecule has 1 heterocycles. The van der Waals surface area contributed by atoms with Gasteiger partial charge in [-0.05, 0) is 44.0 Å². The van der Waals surface area contributed by atoms with Crippen molar-refractivity contribution < 1.29 is 9.90 Å². The van der Waals surface area contributed by atoms with Crippen molar-refractivity contribution in [1.29, 1.82) is 0 Å². The van der Waals surface area contributed by atoms with E-state index in [0.717, 1.165) is 13.0 Å². The number of hydrogen-bond acceptors (Lipinski definition) is 4. The summed E-state index contributed by atoms with van der Waals surface area (Å²) in [5.41, 5.74) is 6.83. The highest BCUT2D eigenvalue weighted by molar-refractivity contribution is 6.31. The first-order chi connectivity index (χ1) is 9.88. The van der Waals surface area contributed by atoms with Crippen LogP contribution in [0, 0.1) is 5.92 Å². The maximum Gasteiger partial charge on any atom is 0.241 e. The third kappa shape index (κ3) is 3.87. The third-order valence-corrected chi connectivity index (χ3v) is 4.39. The molecule has 116 valence electrons. The highest BCUT2D eigenvalue weighted by atomic mass is 35.5. The number of amides is 1. The molecule has 3 unspecified atom stereocenters. The molecule has 21 heavy (non-hydrogen) atoms. The zero-order valence-electron chi connectivity index (χ0n) is 12.3. The normalized spacial score (nSPS) is 24.6. The highest BCUT2D eigenvalue weighted by Gasteiger charge is 2.30. The number of benzene rings is 1. The molecule has 1 aliphatic rings. The molecule has 2 rings (SSSR count). The molecule has 3 atom stereocenters. The SMILES string of the molecule is CC1CCN(C(C)C(=O)Nc2cc(Cl)ccc2N)CC1O. The Labute approximate surface area is 130 Å². The van der Waals surface area contributed by atoms with Crippen LogP contribution in [-0.2, 0) is 4.79 Å². The highest BCUT2D eigenvalue weighted by Crippen LogP contribution is 2.24. The molecule has 1 aliphatic heterocycles. The van der Waals surface area contributed by atoms with E-state index in [9.17, 15) is 9.90 Å². The molecule has 1 aromatic carbocycles. The van der Waals surface area contributed by atoms with Gasteiger partial charge in [0.05, 0.1) is 23.5 Å². The number of anilines is 2. The fraction of sp³-hybridized carbons (Fsp3) is 0.533. The molecule has 0 radical (unpaired) electrons. The number of nitrogens with two attached hydrogens (primary N) is 1. The lowest BCUT2D eigenvalue weighted by Crippen LogP contribution is -2.50. The summed E-state index contributed by atoms with van der Waals surface area (Å²) in [6, 6.07) is 4.65. The van der Waals surface area contributed by atoms with Crippen LogP contribution in [0.1, 0.15) is 20.3 Å².